The Kier molecular flexibility index (Phi) is 2.84. The van der Waals surface area contributed by atoms with Gasteiger partial charge in [-0.05, 0) is 12.3 Å². The molecule has 4 nitrogen and oxygen atoms in total. The lowest BCUT2D eigenvalue weighted by Gasteiger charge is -1.99. The second kappa shape index (κ2) is 4.11. The van der Waals surface area contributed by atoms with Gasteiger partial charge in [-0.15, -0.1) is 0 Å². The molecule has 14 heavy (non-hydrogen) atoms. The standard InChI is InChI=1S/C10H18N4/c1-8-4-10(8)12-5-9-6-14(3-2-11)7-13-9/h6-8,10,12H,2-5,11H2,1H3. The van der Waals surface area contributed by atoms with E-state index in [1.54, 1.807) is 0 Å². The molecule has 0 saturated heterocycles. The van der Waals surface area contributed by atoms with Gasteiger partial charge in [0.15, 0.2) is 0 Å². The minimum absolute atomic E-state index is 0.670. The molecule has 2 unspecified atom stereocenters. The molecule has 1 fully saturated rings. The number of hydrogen-bond acceptors (Lipinski definition) is 3. The van der Waals surface area contributed by atoms with E-state index < -0.39 is 0 Å². The number of rotatable bonds is 5. The largest absolute Gasteiger partial charge is 0.336 e. The third kappa shape index (κ3) is 2.33. The highest BCUT2D eigenvalue weighted by atomic mass is 15.1. The number of imidazole rings is 1. The summed E-state index contributed by atoms with van der Waals surface area (Å²) in [5.41, 5.74) is 6.56. The lowest BCUT2D eigenvalue weighted by molar-refractivity contribution is 0.642. The number of nitrogens with two attached hydrogens (primary N) is 1. The van der Waals surface area contributed by atoms with E-state index in [-0.39, 0.29) is 0 Å². The lowest BCUT2D eigenvalue weighted by atomic mass is 10.4. The summed E-state index contributed by atoms with van der Waals surface area (Å²) in [6, 6.07) is 0.717. The number of nitrogens with zero attached hydrogens (tertiary/aromatic N) is 2. The van der Waals surface area contributed by atoms with Crippen molar-refractivity contribution in [3.05, 3.63) is 18.2 Å². The maximum Gasteiger partial charge on any atom is 0.0950 e. The maximum absolute atomic E-state index is 5.46. The molecule has 0 radical (unpaired) electrons. The predicted molar refractivity (Wildman–Crippen MR) is 55.7 cm³/mol. The Balaban J connectivity index is 1.78. The molecule has 78 valence electrons. The van der Waals surface area contributed by atoms with Crippen LogP contribution in [0.3, 0.4) is 0 Å². The van der Waals surface area contributed by atoms with Crippen LogP contribution in [0.5, 0.6) is 0 Å². The van der Waals surface area contributed by atoms with Gasteiger partial charge in [-0.1, -0.05) is 6.92 Å². The second-order valence-corrected chi connectivity index (χ2v) is 4.09. The molecule has 1 heterocycles. The lowest BCUT2D eigenvalue weighted by Crippen LogP contribution is -2.17. The van der Waals surface area contributed by atoms with Gasteiger partial charge in [0.2, 0.25) is 0 Å². The molecular formula is C10H18N4. The fourth-order valence-corrected chi connectivity index (χ4v) is 1.61. The molecule has 0 spiro atoms. The second-order valence-electron chi connectivity index (χ2n) is 4.09. The van der Waals surface area contributed by atoms with Crippen LogP contribution >= 0.6 is 0 Å². The van der Waals surface area contributed by atoms with Crippen LogP contribution in [-0.4, -0.2) is 22.1 Å². The van der Waals surface area contributed by atoms with Crippen LogP contribution in [0.1, 0.15) is 19.0 Å². The Morgan fingerprint density at radius 2 is 2.50 bits per heavy atom. The smallest absolute Gasteiger partial charge is 0.0950 e. The van der Waals surface area contributed by atoms with Crippen molar-refractivity contribution < 1.29 is 0 Å². The Hall–Kier alpha value is -0.870. The van der Waals surface area contributed by atoms with E-state index in [0.717, 1.165) is 30.7 Å². The fraction of sp³-hybridized carbons (Fsp3) is 0.700. The van der Waals surface area contributed by atoms with Crippen molar-refractivity contribution >= 4 is 0 Å². The number of aromatic nitrogens is 2. The third-order valence-corrected chi connectivity index (χ3v) is 2.73. The summed E-state index contributed by atoms with van der Waals surface area (Å²) in [6.45, 7) is 4.67. The average molecular weight is 194 g/mol. The summed E-state index contributed by atoms with van der Waals surface area (Å²) < 4.78 is 2.04. The van der Waals surface area contributed by atoms with Gasteiger partial charge < -0.3 is 15.6 Å². The van der Waals surface area contributed by atoms with Crippen LogP contribution < -0.4 is 11.1 Å². The molecule has 0 aliphatic heterocycles. The van der Waals surface area contributed by atoms with Gasteiger partial charge in [-0.25, -0.2) is 4.98 Å². The van der Waals surface area contributed by atoms with E-state index in [4.69, 9.17) is 5.73 Å². The van der Waals surface area contributed by atoms with Gasteiger partial charge in [0.25, 0.3) is 0 Å². The minimum atomic E-state index is 0.670. The van der Waals surface area contributed by atoms with Crippen molar-refractivity contribution in [2.75, 3.05) is 6.54 Å². The highest BCUT2D eigenvalue weighted by Gasteiger charge is 2.31. The molecule has 1 saturated carbocycles. The van der Waals surface area contributed by atoms with Crippen LogP contribution in [0.25, 0.3) is 0 Å². The normalized spacial score (nSPS) is 25.3. The van der Waals surface area contributed by atoms with Crippen LogP contribution in [0.4, 0.5) is 0 Å². The van der Waals surface area contributed by atoms with E-state index >= 15 is 0 Å². The van der Waals surface area contributed by atoms with Crippen molar-refractivity contribution in [3.8, 4) is 0 Å². The highest BCUT2D eigenvalue weighted by Crippen LogP contribution is 2.29. The quantitative estimate of drug-likeness (QED) is 0.710. The molecule has 1 aromatic heterocycles. The van der Waals surface area contributed by atoms with E-state index in [1.807, 2.05) is 10.9 Å². The molecule has 3 N–H and O–H groups in total. The van der Waals surface area contributed by atoms with Crippen molar-refractivity contribution in [1.29, 1.82) is 0 Å². The monoisotopic (exact) mass is 194 g/mol. The van der Waals surface area contributed by atoms with Crippen molar-refractivity contribution in [2.24, 2.45) is 11.7 Å². The first kappa shape index (κ1) is 9.68. The zero-order chi connectivity index (χ0) is 9.97. The van der Waals surface area contributed by atoms with Crippen molar-refractivity contribution in [1.82, 2.24) is 14.9 Å². The van der Waals surface area contributed by atoms with E-state index in [9.17, 15) is 0 Å². The van der Waals surface area contributed by atoms with E-state index in [2.05, 4.69) is 23.4 Å². The number of nitrogens with one attached hydrogen (secondary N) is 1. The van der Waals surface area contributed by atoms with Crippen molar-refractivity contribution in [2.45, 2.75) is 32.5 Å². The third-order valence-electron chi connectivity index (χ3n) is 2.73. The topological polar surface area (TPSA) is 55.9 Å². The summed E-state index contributed by atoms with van der Waals surface area (Å²) >= 11 is 0. The summed E-state index contributed by atoms with van der Waals surface area (Å²) in [5, 5.41) is 3.47. The van der Waals surface area contributed by atoms with Gasteiger partial charge in [0, 0.05) is 31.9 Å². The first-order chi connectivity index (χ1) is 6.79. The van der Waals surface area contributed by atoms with Gasteiger partial charge in [-0.3, -0.25) is 0 Å². The zero-order valence-corrected chi connectivity index (χ0v) is 8.61. The Labute approximate surface area is 84.5 Å². The summed E-state index contributed by atoms with van der Waals surface area (Å²) in [6.07, 6.45) is 5.22. The molecule has 0 amide bonds. The molecule has 2 rings (SSSR count). The molecular weight excluding hydrogens is 176 g/mol. The van der Waals surface area contributed by atoms with E-state index in [1.165, 1.54) is 6.42 Å². The first-order valence-electron chi connectivity index (χ1n) is 5.23. The molecule has 1 aliphatic rings. The Morgan fingerprint density at radius 3 is 3.14 bits per heavy atom. The molecule has 2 atom stereocenters. The van der Waals surface area contributed by atoms with Gasteiger partial charge in [-0.2, -0.15) is 0 Å². The Morgan fingerprint density at radius 1 is 1.71 bits per heavy atom. The van der Waals surface area contributed by atoms with Gasteiger partial charge in [0.05, 0.1) is 12.0 Å². The minimum Gasteiger partial charge on any atom is -0.336 e. The fourth-order valence-electron chi connectivity index (χ4n) is 1.61. The average Bonchev–Trinajstić information content (AvgIpc) is 2.69. The van der Waals surface area contributed by atoms with Crippen LogP contribution in [0.2, 0.25) is 0 Å². The van der Waals surface area contributed by atoms with Crippen LogP contribution in [0.15, 0.2) is 12.5 Å². The van der Waals surface area contributed by atoms with E-state index in [0.29, 0.717) is 6.54 Å². The Bertz CT molecular complexity index is 294. The van der Waals surface area contributed by atoms with Crippen LogP contribution in [-0.2, 0) is 13.1 Å². The summed E-state index contributed by atoms with van der Waals surface area (Å²) in [5.74, 6) is 0.848. The molecule has 0 bridgehead atoms. The molecule has 4 heteroatoms. The first-order valence-corrected chi connectivity index (χ1v) is 5.23. The van der Waals surface area contributed by atoms with Gasteiger partial charge in [0.1, 0.15) is 0 Å². The maximum atomic E-state index is 5.46. The summed E-state index contributed by atoms with van der Waals surface area (Å²) in [7, 11) is 0. The zero-order valence-electron chi connectivity index (χ0n) is 8.61. The van der Waals surface area contributed by atoms with Gasteiger partial charge >= 0.3 is 0 Å². The molecule has 1 aliphatic carbocycles. The highest BCUT2D eigenvalue weighted by molar-refractivity contribution is 4.99. The summed E-state index contributed by atoms with van der Waals surface area (Å²) in [4.78, 5) is 4.30. The van der Waals surface area contributed by atoms with Crippen LogP contribution in [0, 0.1) is 5.92 Å². The van der Waals surface area contributed by atoms with Crippen molar-refractivity contribution in [3.63, 3.8) is 0 Å². The number of hydrogen-bond donors (Lipinski definition) is 2. The SMILES string of the molecule is CC1CC1NCc1cn(CCN)cn1. The molecule has 0 aromatic carbocycles. The molecule has 1 aromatic rings. The predicted octanol–water partition coefficient (Wildman–Crippen LogP) is 0.340.